The SMILES string of the molecule is CSC1=C(C)CCC(=O)C1. The van der Waals surface area contributed by atoms with Crippen LogP contribution in [0.2, 0.25) is 0 Å². The van der Waals surface area contributed by atoms with Gasteiger partial charge in [0.1, 0.15) is 5.78 Å². The molecule has 0 saturated heterocycles. The van der Waals surface area contributed by atoms with Crippen LogP contribution >= 0.6 is 11.8 Å². The lowest BCUT2D eigenvalue weighted by atomic mass is 10.00. The average molecular weight is 156 g/mol. The van der Waals surface area contributed by atoms with E-state index in [1.54, 1.807) is 11.8 Å². The van der Waals surface area contributed by atoms with Crippen LogP contribution in [0.25, 0.3) is 0 Å². The van der Waals surface area contributed by atoms with E-state index >= 15 is 0 Å². The van der Waals surface area contributed by atoms with Crippen LogP contribution in [0.4, 0.5) is 0 Å². The van der Waals surface area contributed by atoms with E-state index in [9.17, 15) is 4.79 Å². The van der Waals surface area contributed by atoms with Gasteiger partial charge < -0.3 is 0 Å². The van der Waals surface area contributed by atoms with Crippen molar-refractivity contribution in [2.45, 2.75) is 26.2 Å². The summed E-state index contributed by atoms with van der Waals surface area (Å²) in [5.74, 6) is 0.398. The minimum Gasteiger partial charge on any atom is -0.299 e. The van der Waals surface area contributed by atoms with Gasteiger partial charge in [0.05, 0.1) is 0 Å². The molecule has 0 amide bonds. The fraction of sp³-hybridized carbons (Fsp3) is 0.625. The van der Waals surface area contributed by atoms with Crippen molar-refractivity contribution in [1.82, 2.24) is 0 Å². The van der Waals surface area contributed by atoms with Gasteiger partial charge >= 0.3 is 0 Å². The number of allylic oxidation sites excluding steroid dienone is 2. The molecule has 1 aliphatic carbocycles. The summed E-state index contributed by atoms with van der Waals surface area (Å²) in [6.45, 7) is 2.12. The van der Waals surface area contributed by atoms with Gasteiger partial charge in [0, 0.05) is 12.8 Å². The van der Waals surface area contributed by atoms with E-state index < -0.39 is 0 Å². The van der Waals surface area contributed by atoms with Gasteiger partial charge in [-0.15, -0.1) is 11.8 Å². The van der Waals surface area contributed by atoms with E-state index in [0.29, 0.717) is 12.2 Å². The third-order valence-electron chi connectivity index (χ3n) is 1.86. The number of Topliss-reactive ketones (excluding diaryl/α,β-unsaturated/α-hetero) is 1. The molecule has 0 fully saturated rings. The van der Waals surface area contributed by atoms with Crippen molar-refractivity contribution in [3.63, 3.8) is 0 Å². The van der Waals surface area contributed by atoms with Gasteiger partial charge in [0.25, 0.3) is 0 Å². The molecule has 10 heavy (non-hydrogen) atoms. The molecule has 0 spiro atoms. The van der Waals surface area contributed by atoms with Crippen LogP contribution in [0.1, 0.15) is 26.2 Å². The Morgan fingerprint density at radius 1 is 1.40 bits per heavy atom. The highest BCUT2D eigenvalue weighted by atomic mass is 32.2. The standard InChI is InChI=1S/C8H12OS/c1-6-3-4-7(9)5-8(6)10-2/h3-5H2,1-2H3. The summed E-state index contributed by atoms with van der Waals surface area (Å²) in [7, 11) is 0. The lowest BCUT2D eigenvalue weighted by molar-refractivity contribution is -0.118. The van der Waals surface area contributed by atoms with Gasteiger partial charge in [-0.25, -0.2) is 0 Å². The summed E-state index contributed by atoms with van der Waals surface area (Å²) in [6, 6.07) is 0. The van der Waals surface area contributed by atoms with E-state index in [-0.39, 0.29) is 0 Å². The molecule has 0 heterocycles. The Morgan fingerprint density at radius 2 is 2.10 bits per heavy atom. The van der Waals surface area contributed by atoms with Crippen LogP contribution in [0, 0.1) is 0 Å². The zero-order valence-corrected chi connectivity index (χ0v) is 7.25. The Labute approximate surface area is 65.9 Å². The number of ketones is 1. The van der Waals surface area contributed by atoms with Crippen molar-refractivity contribution < 1.29 is 4.79 Å². The topological polar surface area (TPSA) is 17.1 Å². The number of rotatable bonds is 1. The van der Waals surface area contributed by atoms with E-state index in [2.05, 4.69) is 6.92 Å². The van der Waals surface area contributed by atoms with Crippen molar-refractivity contribution in [1.29, 1.82) is 0 Å². The zero-order chi connectivity index (χ0) is 7.56. The molecule has 0 aromatic carbocycles. The molecule has 2 heteroatoms. The van der Waals surface area contributed by atoms with Crippen LogP contribution in [0.3, 0.4) is 0 Å². The number of carbonyl (C=O) groups excluding carboxylic acids is 1. The first-order valence-electron chi connectivity index (χ1n) is 3.48. The molecular weight excluding hydrogens is 144 g/mol. The third kappa shape index (κ3) is 1.63. The predicted molar refractivity (Wildman–Crippen MR) is 45.1 cm³/mol. The molecular formula is C8H12OS. The van der Waals surface area contributed by atoms with Crippen molar-refractivity contribution in [2.75, 3.05) is 6.26 Å². The molecule has 0 N–H and O–H groups in total. The lowest BCUT2D eigenvalue weighted by Gasteiger charge is -2.14. The van der Waals surface area contributed by atoms with Crippen LogP contribution in [0.5, 0.6) is 0 Å². The summed E-state index contributed by atoms with van der Waals surface area (Å²) in [6.07, 6.45) is 4.47. The van der Waals surface area contributed by atoms with E-state index in [0.717, 1.165) is 12.8 Å². The Kier molecular flexibility index (Phi) is 2.55. The summed E-state index contributed by atoms with van der Waals surface area (Å²) >= 11 is 1.72. The molecule has 56 valence electrons. The fourth-order valence-electron chi connectivity index (χ4n) is 1.13. The highest BCUT2D eigenvalue weighted by Crippen LogP contribution is 2.28. The Hall–Kier alpha value is -0.240. The average Bonchev–Trinajstić information content (AvgIpc) is 1.94. The van der Waals surface area contributed by atoms with E-state index in [4.69, 9.17) is 0 Å². The number of thioether (sulfide) groups is 1. The summed E-state index contributed by atoms with van der Waals surface area (Å²) in [5, 5.41) is 0. The second-order valence-electron chi connectivity index (χ2n) is 2.62. The number of carbonyl (C=O) groups is 1. The molecule has 0 bridgehead atoms. The number of hydrogen-bond acceptors (Lipinski definition) is 2. The van der Waals surface area contributed by atoms with Gasteiger partial charge in [0.15, 0.2) is 0 Å². The van der Waals surface area contributed by atoms with Crippen LogP contribution in [-0.4, -0.2) is 12.0 Å². The van der Waals surface area contributed by atoms with Gasteiger partial charge in [-0.2, -0.15) is 0 Å². The maximum Gasteiger partial charge on any atom is 0.138 e. The minimum absolute atomic E-state index is 0.398. The summed E-state index contributed by atoms with van der Waals surface area (Å²) in [5.41, 5.74) is 1.41. The van der Waals surface area contributed by atoms with Crippen molar-refractivity contribution in [3.8, 4) is 0 Å². The smallest absolute Gasteiger partial charge is 0.138 e. The quantitative estimate of drug-likeness (QED) is 0.579. The van der Waals surface area contributed by atoms with Crippen LogP contribution in [0.15, 0.2) is 10.5 Å². The highest BCUT2D eigenvalue weighted by Gasteiger charge is 2.14. The van der Waals surface area contributed by atoms with Gasteiger partial charge in [-0.1, -0.05) is 5.57 Å². The van der Waals surface area contributed by atoms with Crippen molar-refractivity contribution in [2.24, 2.45) is 0 Å². The van der Waals surface area contributed by atoms with E-state index in [1.165, 1.54) is 10.5 Å². The normalized spacial score (nSPS) is 20.0. The Balaban J connectivity index is 2.72. The first-order chi connectivity index (χ1) is 4.74. The highest BCUT2D eigenvalue weighted by molar-refractivity contribution is 8.02. The summed E-state index contributed by atoms with van der Waals surface area (Å²) in [4.78, 5) is 12.2. The van der Waals surface area contributed by atoms with E-state index in [1.807, 2.05) is 6.26 Å². The minimum atomic E-state index is 0.398. The second-order valence-corrected chi connectivity index (χ2v) is 3.52. The van der Waals surface area contributed by atoms with Gasteiger partial charge in [-0.05, 0) is 24.5 Å². The number of hydrogen-bond donors (Lipinski definition) is 0. The predicted octanol–water partition coefficient (Wildman–Crippen LogP) is 2.38. The molecule has 0 unspecified atom stereocenters. The third-order valence-corrected chi connectivity index (χ3v) is 2.84. The van der Waals surface area contributed by atoms with Crippen LogP contribution < -0.4 is 0 Å². The maximum atomic E-state index is 10.9. The lowest BCUT2D eigenvalue weighted by Crippen LogP contribution is -2.05. The molecule has 0 radical (unpaired) electrons. The first kappa shape index (κ1) is 7.86. The molecule has 0 atom stereocenters. The van der Waals surface area contributed by atoms with Crippen molar-refractivity contribution >= 4 is 17.5 Å². The van der Waals surface area contributed by atoms with Gasteiger partial charge in [-0.3, -0.25) is 4.79 Å². The molecule has 1 aliphatic rings. The molecule has 1 nitrogen and oxygen atoms in total. The summed E-state index contributed by atoms with van der Waals surface area (Å²) < 4.78 is 0. The molecule has 0 aromatic heterocycles. The first-order valence-corrected chi connectivity index (χ1v) is 4.71. The molecule has 0 saturated carbocycles. The van der Waals surface area contributed by atoms with Crippen molar-refractivity contribution in [3.05, 3.63) is 10.5 Å². The second kappa shape index (κ2) is 3.24. The zero-order valence-electron chi connectivity index (χ0n) is 6.44. The largest absolute Gasteiger partial charge is 0.299 e. The fourth-order valence-corrected chi connectivity index (χ4v) is 1.89. The monoisotopic (exact) mass is 156 g/mol. The van der Waals surface area contributed by atoms with Crippen LogP contribution in [-0.2, 0) is 4.79 Å². The van der Waals surface area contributed by atoms with Gasteiger partial charge in [0.2, 0.25) is 0 Å². The molecule has 1 rings (SSSR count). The maximum absolute atomic E-state index is 10.9. The molecule has 0 aliphatic heterocycles. The Morgan fingerprint density at radius 3 is 2.60 bits per heavy atom. The Bertz CT molecular complexity index is 182. The molecule has 0 aromatic rings.